The highest BCUT2D eigenvalue weighted by atomic mass is 32.2. The third-order valence-electron chi connectivity index (χ3n) is 3.99. The van der Waals surface area contributed by atoms with E-state index in [4.69, 9.17) is 0 Å². The van der Waals surface area contributed by atoms with Crippen LogP contribution < -0.4 is 15.4 Å². The van der Waals surface area contributed by atoms with Crippen molar-refractivity contribution in [2.45, 2.75) is 4.21 Å². The van der Waals surface area contributed by atoms with E-state index in [1.54, 1.807) is 29.6 Å². The van der Waals surface area contributed by atoms with E-state index >= 15 is 0 Å². The van der Waals surface area contributed by atoms with Crippen molar-refractivity contribution < 1.29 is 18.1 Å². The number of hydrogen-bond donors (Lipinski definition) is 3. The van der Waals surface area contributed by atoms with Crippen LogP contribution in [0.4, 0.5) is 17.1 Å². The number of para-hydroxylation sites is 2. The zero-order chi connectivity index (χ0) is 21.6. The maximum atomic E-state index is 12.2. The monoisotopic (exact) mass is 446 g/mol. The predicted molar refractivity (Wildman–Crippen MR) is 115 cm³/mol. The molecule has 0 radical (unpaired) electrons. The lowest BCUT2D eigenvalue weighted by molar-refractivity contribution is -0.384. The van der Waals surface area contributed by atoms with Crippen molar-refractivity contribution in [1.29, 1.82) is 0 Å². The molecule has 0 aliphatic rings. The molecule has 1 amide bonds. The second-order valence-electron chi connectivity index (χ2n) is 6.07. The first-order valence-corrected chi connectivity index (χ1v) is 11.1. The number of anilines is 2. The third kappa shape index (κ3) is 5.33. The largest absolute Gasteiger partial charge is 0.378 e. The Labute approximate surface area is 177 Å². The molecular weight excluding hydrogens is 428 g/mol. The number of rotatable bonds is 9. The number of benzene rings is 2. The highest BCUT2D eigenvalue weighted by molar-refractivity contribution is 7.94. The third-order valence-corrected chi connectivity index (χ3v) is 6.76. The van der Waals surface area contributed by atoms with Crippen molar-refractivity contribution >= 4 is 44.3 Å². The van der Waals surface area contributed by atoms with E-state index in [2.05, 4.69) is 15.4 Å². The average Bonchev–Trinajstić information content (AvgIpc) is 3.27. The van der Waals surface area contributed by atoms with Gasteiger partial charge in [-0.25, -0.2) is 8.42 Å². The number of thiophene rings is 1. The number of nitro benzene ring substituents is 1. The summed E-state index contributed by atoms with van der Waals surface area (Å²) in [5, 5.41) is 18.3. The second kappa shape index (κ2) is 9.37. The lowest BCUT2D eigenvalue weighted by Crippen LogP contribution is -2.28. The van der Waals surface area contributed by atoms with Crippen LogP contribution in [-0.2, 0) is 10.0 Å². The molecule has 0 aliphatic heterocycles. The molecule has 0 saturated carbocycles. The van der Waals surface area contributed by atoms with Gasteiger partial charge in [-0.15, -0.1) is 11.3 Å². The van der Waals surface area contributed by atoms with Gasteiger partial charge in [0.1, 0.15) is 9.90 Å². The SMILES string of the molecule is O=C(NCCNc1ccccc1[N+](=O)[O-])c1ccc(NS(=O)(=O)c2cccs2)cc1. The van der Waals surface area contributed by atoms with Crippen molar-refractivity contribution in [3.8, 4) is 0 Å². The standard InChI is InChI=1S/C19H18N4O5S2/c24-19(21-12-11-20-16-4-1-2-5-17(16)23(25)26)14-7-9-15(10-8-14)22-30(27,28)18-6-3-13-29-18/h1-10,13,20,22H,11-12H2,(H,21,24). The van der Waals surface area contributed by atoms with Crippen LogP contribution in [0.3, 0.4) is 0 Å². The summed E-state index contributed by atoms with van der Waals surface area (Å²) in [6.45, 7) is 0.549. The van der Waals surface area contributed by atoms with Gasteiger partial charge in [0, 0.05) is 30.4 Å². The molecule has 3 rings (SSSR count). The summed E-state index contributed by atoms with van der Waals surface area (Å²) in [4.78, 5) is 22.7. The Hall–Kier alpha value is -3.44. The van der Waals surface area contributed by atoms with Gasteiger partial charge in [-0.3, -0.25) is 19.6 Å². The number of hydrogen-bond acceptors (Lipinski definition) is 7. The minimum Gasteiger partial charge on any atom is -0.378 e. The van der Waals surface area contributed by atoms with E-state index in [-0.39, 0.29) is 22.3 Å². The number of nitrogens with one attached hydrogen (secondary N) is 3. The fourth-order valence-corrected chi connectivity index (χ4v) is 4.62. The van der Waals surface area contributed by atoms with Gasteiger partial charge in [0.25, 0.3) is 21.6 Å². The normalized spacial score (nSPS) is 10.9. The van der Waals surface area contributed by atoms with Crippen molar-refractivity contribution in [2.75, 3.05) is 23.1 Å². The summed E-state index contributed by atoms with van der Waals surface area (Å²) in [6.07, 6.45) is 0. The summed E-state index contributed by atoms with van der Waals surface area (Å²) >= 11 is 1.11. The van der Waals surface area contributed by atoms with Crippen molar-refractivity contribution in [2.24, 2.45) is 0 Å². The smallest absolute Gasteiger partial charge is 0.292 e. The summed E-state index contributed by atoms with van der Waals surface area (Å²) in [7, 11) is -3.64. The Kier molecular flexibility index (Phi) is 6.65. The molecule has 30 heavy (non-hydrogen) atoms. The van der Waals surface area contributed by atoms with Gasteiger partial charge in [0.15, 0.2) is 0 Å². The van der Waals surface area contributed by atoms with Gasteiger partial charge in [0.05, 0.1) is 4.92 Å². The van der Waals surface area contributed by atoms with Gasteiger partial charge >= 0.3 is 0 Å². The van der Waals surface area contributed by atoms with E-state index in [1.807, 2.05) is 0 Å². The molecule has 0 aliphatic carbocycles. The van der Waals surface area contributed by atoms with Crippen LogP contribution in [0.2, 0.25) is 0 Å². The van der Waals surface area contributed by atoms with E-state index in [1.165, 1.54) is 36.4 Å². The quantitative estimate of drug-likeness (QED) is 0.263. The first-order chi connectivity index (χ1) is 14.4. The molecule has 0 bridgehead atoms. The van der Waals surface area contributed by atoms with E-state index in [9.17, 15) is 23.3 Å². The molecule has 3 N–H and O–H groups in total. The van der Waals surface area contributed by atoms with Crippen LogP contribution in [0.1, 0.15) is 10.4 Å². The average molecular weight is 447 g/mol. The van der Waals surface area contributed by atoms with Gasteiger partial charge in [-0.2, -0.15) is 0 Å². The Morgan fingerprint density at radius 3 is 2.40 bits per heavy atom. The van der Waals surface area contributed by atoms with Gasteiger partial charge in [0.2, 0.25) is 0 Å². The Morgan fingerprint density at radius 1 is 1.00 bits per heavy atom. The number of amides is 1. The Bertz CT molecular complexity index is 1130. The Morgan fingerprint density at radius 2 is 1.73 bits per heavy atom. The van der Waals surface area contributed by atoms with Crippen LogP contribution >= 0.6 is 11.3 Å². The van der Waals surface area contributed by atoms with Crippen molar-refractivity contribution in [3.05, 3.63) is 81.7 Å². The summed E-state index contributed by atoms with van der Waals surface area (Å²) in [5.74, 6) is -0.341. The number of nitro groups is 1. The maximum absolute atomic E-state index is 12.2. The van der Waals surface area contributed by atoms with Gasteiger partial charge < -0.3 is 10.6 Å². The molecule has 156 valence electrons. The topological polar surface area (TPSA) is 130 Å². The minimum atomic E-state index is -3.64. The first kappa shape index (κ1) is 21.3. The predicted octanol–water partition coefficient (Wildman–Crippen LogP) is 3.30. The molecule has 0 spiro atoms. The maximum Gasteiger partial charge on any atom is 0.292 e. The van der Waals surface area contributed by atoms with Crippen LogP contribution in [0.25, 0.3) is 0 Å². The zero-order valence-electron chi connectivity index (χ0n) is 15.6. The molecule has 3 aromatic rings. The lowest BCUT2D eigenvalue weighted by atomic mass is 10.2. The molecule has 0 saturated heterocycles. The second-order valence-corrected chi connectivity index (χ2v) is 8.93. The van der Waals surface area contributed by atoms with Crippen LogP contribution in [0.5, 0.6) is 0 Å². The van der Waals surface area contributed by atoms with E-state index in [0.29, 0.717) is 23.5 Å². The molecule has 11 heteroatoms. The highest BCUT2D eigenvalue weighted by Crippen LogP contribution is 2.23. The zero-order valence-corrected chi connectivity index (χ0v) is 17.2. The fraction of sp³-hybridized carbons (Fsp3) is 0.105. The molecule has 1 heterocycles. The molecule has 2 aromatic carbocycles. The number of carbonyl (C=O) groups excluding carboxylic acids is 1. The summed E-state index contributed by atoms with van der Waals surface area (Å²) < 4.78 is 27.1. The number of carbonyl (C=O) groups is 1. The summed E-state index contributed by atoms with van der Waals surface area (Å²) in [6, 6.07) is 15.4. The van der Waals surface area contributed by atoms with Crippen LogP contribution in [0.15, 0.2) is 70.3 Å². The first-order valence-electron chi connectivity index (χ1n) is 8.79. The number of sulfonamides is 1. The van der Waals surface area contributed by atoms with Crippen molar-refractivity contribution in [1.82, 2.24) is 5.32 Å². The molecular formula is C19H18N4O5S2. The molecule has 9 nitrogen and oxygen atoms in total. The van der Waals surface area contributed by atoms with E-state index in [0.717, 1.165) is 11.3 Å². The van der Waals surface area contributed by atoms with E-state index < -0.39 is 14.9 Å². The molecule has 0 atom stereocenters. The Balaban J connectivity index is 1.51. The van der Waals surface area contributed by atoms with Crippen molar-refractivity contribution in [3.63, 3.8) is 0 Å². The highest BCUT2D eigenvalue weighted by Gasteiger charge is 2.15. The molecule has 1 aromatic heterocycles. The minimum absolute atomic E-state index is 0.0376. The van der Waals surface area contributed by atoms with Gasteiger partial charge in [-0.1, -0.05) is 18.2 Å². The number of nitrogens with zero attached hydrogens (tertiary/aromatic N) is 1. The van der Waals surface area contributed by atoms with Gasteiger partial charge in [-0.05, 0) is 41.8 Å². The fourth-order valence-electron chi connectivity index (χ4n) is 2.57. The summed E-state index contributed by atoms with van der Waals surface area (Å²) in [5.41, 5.74) is 1.04. The van der Waals surface area contributed by atoms with Crippen LogP contribution in [-0.4, -0.2) is 32.3 Å². The van der Waals surface area contributed by atoms with Crippen LogP contribution in [0, 0.1) is 10.1 Å². The molecule has 0 fully saturated rings. The molecule has 0 unspecified atom stereocenters. The lowest BCUT2D eigenvalue weighted by Gasteiger charge is -2.09.